The fourth-order valence-electron chi connectivity index (χ4n) is 4.50. The lowest BCUT2D eigenvalue weighted by atomic mass is 9.82. The molecule has 7 nitrogen and oxygen atoms in total. The minimum Gasteiger partial charge on any atom is -0.493 e. The van der Waals surface area contributed by atoms with Crippen LogP contribution in [-0.4, -0.2) is 48.9 Å². The topological polar surface area (TPSA) is 80.2 Å². The van der Waals surface area contributed by atoms with Crippen LogP contribution in [0.5, 0.6) is 11.5 Å². The SMILES string of the molecule is COc1ccc(NC(=O)CN2C(=O)C(c3ccccc3)=NC23CCC(C)CC3)cc1OC. The van der Waals surface area contributed by atoms with Gasteiger partial charge in [-0.25, -0.2) is 0 Å². The Morgan fingerprint density at radius 1 is 1.09 bits per heavy atom. The highest BCUT2D eigenvalue weighted by molar-refractivity contribution is 6.47. The molecule has 1 N–H and O–H groups in total. The van der Waals surface area contributed by atoms with Crippen LogP contribution in [0.15, 0.2) is 53.5 Å². The van der Waals surface area contributed by atoms with Gasteiger partial charge in [-0.3, -0.25) is 14.6 Å². The van der Waals surface area contributed by atoms with E-state index in [4.69, 9.17) is 14.5 Å². The molecule has 0 atom stereocenters. The van der Waals surface area contributed by atoms with Gasteiger partial charge in [-0.15, -0.1) is 0 Å². The third-order valence-corrected chi connectivity index (χ3v) is 6.36. The summed E-state index contributed by atoms with van der Waals surface area (Å²) in [6.07, 6.45) is 3.49. The van der Waals surface area contributed by atoms with Crippen LogP contribution in [0.25, 0.3) is 0 Å². The second kappa shape index (κ2) is 9.02. The van der Waals surface area contributed by atoms with Crippen molar-refractivity contribution in [3.63, 3.8) is 0 Å². The molecular formula is C25H29N3O4. The second-order valence-corrected chi connectivity index (χ2v) is 8.50. The Morgan fingerprint density at radius 2 is 1.78 bits per heavy atom. The molecule has 1 spiro atoms. The van der Waals surface area contributed by atoms with E-state index in [-0.39, 0.29) is 18.4 Å². The van der Waals surface area contributed by atoms with Gasteiger partial charge in [-0.05, 0) is 43.7 Å². The summed E-state index contributed by atoms with van der Waals surface area (Å²) in [7, 11) is 3.10. The number of benzene rings is 2. The number of hydrogen-bond donors (Lipinski definition) is 1. The fraction of sp³-hybridized carbons (Fsp3) is 0.400. The number of hydrogen-bond acceptors (Lipinski definition) is 5. The van der Waals surface area contributed by atoms with E-state index >= 15 is 0 Å². The van der Waals surface area contributed by atoms with E-state index in [1.165, 1.54) is 0 Å². The van der Waals surface area contributed by atoms with Gasteiger partial charge in [-0.2, -0.15) is 0 Å². The number of carbonyl (C=O) groups is 2. The fourth-order valence-corrected chi connectivity index (χ4v) is 4.50. The van der Waals surface area contributed by atoms with Crippen LogP contribution >= 0.6 is 0 Å². The highest BCUT2D eigenvalue weighted by Crippen LogP contribution is 2.41. The first kappa shape index (κ1) is 21.9. The molecule has 2 aromatic carbocycles. The highest BCUT2D eigenvalue weighted by atomic mass is 16.5. The molecule has 1 fully saturated rings. The number of nitrogens with zero attached hydrogens (tertiary/aromatic N) is 2. The number of nitrogens with one attached hydrogen (secondary N) is 1. The van der Waals surface area contributed by atoms with E-state index in [1.807, 2.05) is 30.3 Å². The van der Waals surface area contributed by atoms with Crippen LogP contribution in [0.3, 0.4) is 0 Å². The standard InChI is InChI=1S/C25H29N3O4/c1-17-11-13-25(14-12-17)27-23(18-7-5-4-6-8-18)24(30)28(25)16-22(29)26-19-9-10-20(31-2)21(15-19)32-3/h4-10,15,17H,11-14,16H2,1-3H3,(H,26,29). The zero-order valence-corrected chi connectivity index (χ0v) is 18.8. The zero-order valence-electron chi connectivity index (χ0n) is 18.8. The van der Waals surface area contributed by atoms with Crippen molar-refractivity contribution < 1.29 is 19.1 Å². The van der Waals surface area contributed by atoms with E-state index in [9.17, 15) is 9.59 Å². The van der Waals surface area contributed by atoms with Crippen molar-refractivity contribution in [1.82, 2.24) is 4.90 Å². The predicted octanol–water partition coefficient (Wildman–Crippen LogP) is 3.88. The molecule has 0 saturated heterocycles. The van der Waals surface area contributed by atoms with Gasteiger partial charge in [0.25, 0.3) is 5.91 Å². The molecule has 2 aromatic rings. The molecule has 1 aliphatic heterocycles. The van der Waals surface area contributed by atoms with Gasteiger partial charge in [0.15, 0.2) is 11.5 Å². The van der Waals surface area contributed by atoms with E-state index in [1.54, 1.807) is 37.3 Å². The first-order valence-electron chi connectivity index (χ1n) is 10.9. The van der Waals surface area contributed by atoms with Crippen molar-refractivity contribution in [1.29, 1.82) is 0 Å². The average molecular weight is 436 g/mol. The zero-order chi connectivity index (χ0) is 22.7. The molecule has 0 aromatic heterocycles. The summed E-state index contributed by atoms with van der Waals surface area (Å²) in [5, 5.41) is 2.88. The Hall–Kier alpha value is -3.35. The third kappa shape index (κ3) is 4.20. The van der Waals surface area contributed by atoms with E-state index in [2.05, 4.69) is 12.2 Å². The summed E-state index contributed by atoms with van der Waals surface area (Å²) in [5.41, 5.74) is 1.16. The van der Waals surface area contributed by atoms with Gasteiger partial charge >= 0.3 is 0 Å². The quantitative estimate of drug-likeness (QED) is 0.747. The highest BCUT2D eigenvalue weighted by Gasteiger charge is 2.49. The molecule has 2 amide bonds. The van der Waals surface area contributed by atoms with Gasteiger partial charge in [-0.1, -0.05) is 37.3 Å². The lowest BCUT2D eigenvalue weighted by Crippen LogP contribution is -2.51. The van der Waals surface area contributed by atoms with Crippen LogP contribution in [0.1, 0.15) is 38.2 Å². The number of aliphatic imine (C=N–C) groups is 1. The van der Waals surface area contributed by atoms with Gasteiger partial charge in [0.2, 0.25) is 5.91 Å². The van der Waals surface area contributed by atoms with E-state index in [0.717, 1.165) is 31.2 Å². The van der Waals surface area contributed by atoms with Crippen molar-refractivity contribution in [2.45, 2.75) is 38.3 Å². The third-order valence-electron chi connectivity index (χ3n) is 6.36. The van der Waals surface area contributed by atoms with Crippen molar-refractivity contribution in [2.24, 2.45) is 10.9 Å². The summed E-state index contributed by atoms with van der Waals surface area (Å²) in [6, 6.07) is 14.7. The van der Waals surface area contributed by atoms with Gasteiger partial charge < -0.3 is 19.7 Å². The first-order chi connectivity index (χ1) is 15.5. The van der Waals surface area contributed by atoms with Crippen LogP contribution in [0.4, 0.5) is 5.69 Å². The van der Waals surface area contributed by atoms with Gasteiger partial charge in [0, 0.05) is 17.3 Å². The van der Waals surface area contributed by atoms with Crippen molar-refractivity contribution in [3.05, 3.63) is 54.1 Å². The molecule has 0 bridgehead atoms. The number of ether oxygens (including phenoxy) is 2. The summed E-state index contributed by atoms with van der Waals surface area (Å²) in [6.45, 7) is 2.17. The molecule has 0 unspecified atom stereocenters. The Kier molecular flexibility index (Phi) is 6.17. The molecule has 32 heavy (non-hydrogen) atoms. The lowest BCUT2D eigenvalue weighted by molar-refractivity contribution is -0.134. The monoisotopic (exact) mass is 435 g/mol. The molecule has 7 heteroatoms. The van der Waals surface area contributed by atoms with Crippen LogP contribution in [-0.2, 0) is 9.59 Å². The van der Waals surface area contributed by atoms with Crippen molar-refractivity contribution in [2.75, 3.05) is 26.1 Å². The van der Waals surface area contributed by atoms with Crippen LogP contribution in [0.2, 0.25) is 0 Å². The smallest absolute Gasteiger partial charge is 0.275 e. The number of rotatable bonds is 6. The number of anilines is 1. The maximum atomic E-state index is 13.4. The molecule has 4 rings (SSSR count). The maximum absolute atomic E-state index is 13.4. The largest absolute Gasteiger partial charge is 0.493 e. The second-order valence-electron chi connectivity index (χ2n) is 8.50. The first-order valence-corrected chi connectivity index (χ1v) is 10.9. The summed E-state index contributed by atoms with van der Waals surface area (Å²) in [4.78, 5) is 33.0. The van der Waals surface area contributed by atoms with Gasteiger partial charge in [0.1, 0.15) is 17.9 Å². The van der Waals surface area contributed by atoms with Crippen LogP contribution in [0, 0.1) is 5.92 Å². The predicted molar refractivity (Wildman–Crippen MR) is 123 cm³/mol. The summed E-state index contributed by atoms with van der Waals surface area (Å²) in [5.74, 6) is 1.24. The summed E-state index contributed by atoms with van der Waals surface area (Å²) < 4.78 is 10.6. The minimum atomic E-state index is -0.649. The Morgan fingerprint density at radius 3 is 2.44 bits per heavy atom. The molecular weight excluding hydrogens is 406 g/mol. The molecule has 0 radical (unpaired) electrons. The Balaban J connectivity index is 1.56. The number of methoxy groups -OCH3 is 2. The number of amides is 2. The minimum absolute atomic E-state index is 0.0542. The maximum Gasteiger partial charge on any atom is 0.275 e. The Bertz CT molecular complexity index is 1030. The Labute approximate surface area is 188 Å². The van der Waals surface area contributed by atoms with E-state index in [0.29, 0.717) is 28.8 Å². The molecule has 2 aliphatic rings. The van der Waals surface area contributed by atoms with Crippen molar-refractivity contribution in [3.8, 4) is 11.5 Å². The van der Waals surface area contributed by atoms with E-state index < -0.39 is 5.66 Å². The molecule has 1 aliphatic carbocycles. The molecule has 1 saturated carbocycles. The van der Waals surface area contributed by atoms with Crippen LogP contribution < -0.4 is 14.8 Å². The lowest BCUT2D eigenvalue weighted by Gasteiger charge is -2.40. The molecule has 1 heterocycles. The molecule has 168 valence electrons. The average Bonchev–Trinajstić information content (AvgIpc) is 3.07. The van der Waals surface area contributed by atoms with Gasteiger partial charge in [0.05, 0.1) is 14.2 Å². The normalized spacial score (nSPS) is 22.6. The van der Waals surface area contributed by atoms with Crippen molar-refractivity contribution >= 4 is 23.2 Å². The number of carbonyl (C=O) groups excluding carboxylic acids is 2. The summed E-state index contributed by atoms with van der Waals surface area (Å²) >= 11 is 0.